The molecule has 0 fully saturated rings. The lowest BCUT2D eigenvalue weighted by molar-refractivity contribution is -0.116. The van der Waals surface area contributed by atoms with E-state index in [1.807, 2.05) is 30.3 Å². The number of carbonyl (C=O) groups excluding carboxylic acids is 2. The van der Waals surface area contributed by atoms with Gasteiger partial charge in [-0.05, 0) is 31.2 Å². The summed E-state index contributed by atoms with van der Waals surface area (Å²) in [5, 5.41) is 3.41. The van der Waals surface area contributed by atoms with Gasteiger partial charge in [0.1, 0.15) is 5.76 Å². The van der Waals surface area contributed by atoms with Gasteiger partial charge >= 0.3 is 0 Å². The summed E-state index contributed by atoms with van der Waals surface area (Å²) in [4.78, 5) is 40.0. The number of halogens is 1. The van der Waals surface area contributed by atoms with Gasteiger partial charge in [0.25, 0.3) is 5.91 Å². The Morgan fingerprint density at radius 2 is 1.67 bits per heavy atom. The Bertz CT molecular complexity index is 1410. The molecule has 0 radical (unpaired) electrons. The zero-order valence-corrected chi connectivity index (χ0v) is 18.8. The summed E-state index contributed by atoms with van der Waals surface area (Å²) >= 11 is 6.08. The van der Waals surface area contributed by atoms with Crippen LogP contribution in [0.25, 0.3) is 22.3 Å². The quantitative estimate of drug-likeness (QED) is 0.447. The van der Waals surface area contributed by atoms with Gasteiger partial charge in [-0.3, -0.25) is 14.4 Å². The topological polar surface area (TPSA) is 79.6 Å². The van der Waals surface area contributed by atoms with Crippen LogP contribution in [0, 0.1) is 6.92 Å². The Morgan fingerprint density at radius 3 is 2.39 bits per heavy atom. The van der Waals surface area contributed by atoms with Crippen molar-refractivity contribution >= 4 is 40.1 Å². The zero-order valence-electron chi connectivity index (χ0n) is 18.1. The molecule has 3 aromatic carbocycles. The minimum absolute atomic E-state index is 0.190. The number of nitrogens with one attached hydrogen (secondary N) is 1. The highest BCUT2D eigenvalue weighted by atomic mass is 35.5. The first kappa shape index (κ1) is 22.3. The maximum atomic E-state index is 13.2. The van der Waals surface area contributed by atoms with Crippen LogP contribution in [-0.4, -0.2) is 30.3 Å². The predicted molar refractivity (Wildman–Crippen MR) is 130 cm³/mol. The SMILES string of the molecule is Cc1c(-c2ccccc2)oc2c(C(=O)N(C)CC(=O)Nc3ccccc3Cl)cccc2c1=O. The van der Waals surface area contributed by atoms with Crippen molar-refractivity contribution in [2.45, 2.75) is 6.92 Å². The molecule has 4 aromatic rings. The van der Waals surface area contributed by atoms with Crippen molar-refractivity contribution in [2.24, 2.45) is 0 Å². The highest BCUT2D eigenvalue weighted by Crippen LogP contribution is 2.28. The molecule has 2 amide bonds. The summed E-state index contributed by atoms with van der Waals surface area (Å²) in [5.74, 6) is -0.435. The van der Waals surface area contributed by atoms with Gasteiger partial charge in [-0.2, -0.15) is 0 Å². The molecule has 0 aliphatic carbocycles. The second kappa shape index (κ2) is 9.30. The first-order valence-corrected chi connectivity index (χ1v) is 10.7. The molecular formula is C26H21ClN2O4. The number of fused-ring (bicyclic) bond motifs is 1. The highest BCUT2D eigenvalue weighted by molar-refractivity contribution is 6.33. The van der Waals surface area contributed by atoms with Crippen LogP contribution in [-0.2, 0) is 4.79 Å². The summed E-state index contributed by atoms with van der Waals surface area (Å²) < 4.78 is 6.11. The average molecular weight is 461 g/mol. The fourth-order valence-electron chi connectivity index (χ4n) is 3.59. The Hall–Kier alpha value is -3.90. The maximum Gasteiger partial charge on any atom is 0.257 e. The fourth-order valence-corrected chi connectivity index (χ4v) is 3.77. The van der Waals surface area contributed by atoms with E-state index in [0.29, 0.717) is 27.4 Å². The van der Waals surface area contributed by atoms with E-state index in [1.54, 1.807) is 49.4 Å². The van der Waals surface area contributed by atoms with Gasteiger partial charge in [0.15, 0.2) is 11.0 Å². The molecule has 33 heavy (non-hydrogen) atoms. The lowest BCUT2D eigenvalue weighted by atomic mass is 10.0. The third-order valence-electron chi connectivity index (χ3n) is 5.29. The van der Waals surface area contributed by atoms with E-state index in [0.717, 1.165) is 5.56 Å². The van der Waals surface area contributed by atoms with Crippen LogP contribution in [0.1, 0.15) is 15.9 Å². The first-order chi connectivity index (χ1) is 15.9. The summed E-state index contributed by atoms with van der Waals surface area (Å²) in [6, 6.07) is 20.9. The largest absolute Gasteiger partial charge is 0.455 e. The van der Waals surface area contributed by atoms with Gasteiger partial charge in [0, 0.05) is 18.2 Å². The second-order valence-corrected chi connectivity index (χ2v) is 8.03. The predicted octanol–water partition coefficient (Wildman–Crippen LogP) is 5.13. The molecule has 166 valence electrons. The third-order valence-corrected chi connectivity index (χ3v) is 5.62. The van der Waals surface area contributed by atoms with Crippen molar-refractivity contribution in [3.8, 4) is 11.3 Å². The lowest BCUT2D eigenvalue weighted by Gasteiger charge is -2.18. The molecule has 0 saturated heterocycles. The molecule has 1 heterocycles. The number of para-hydroxylation sites is 2. The average Bonchev–Trinajstić information content (AvgIpc) is 2.82. The van der Waals surface area contributed by atoms with E-state index in [2.05, 4.69) is 5.32 Å². The number of hydrogen-bond donors (Lipinski definition) is 1. The molecule has 0 aliphatic heterocycles. The molecule has 0 bridgehead atoms. The Kier molecular flexibility index (Phi) is 6.29. The number of anilines is 1. The van der Waals surface area contributed by atoms with E-state index < -0.39 is 11.8 Å². The number of nitrogens with zero attached hydrogens (tertiary/aromatic N) is 1. The van der Waals surface area contributed by atoms with Crippen molar-refractivity contribution < 1.29 is 14.0 Å². The zero-order chi connectivity index (χ0) is 23.5. The molecule has 1 aromatic heterocycles. The standard InChI is InChI=1S/C26H21ClN2O4/c1-16-23(31)18-11-8-12-19(25(18)33-24(16)17-9-4-3-5-10-17)26(32)29(2)15-22(30)28-21-14-7-6-13-20(21)27/h3-14H,15H2,1-2H3,(H,28,30). The number of rotatable bonds is 5. The number of benzene rings is 3. The van der Waals surface area contributed by atoms with Crippen LogP contribution in [0.15, 0.2) is 82.0 Å². The van der Waals surface area contributed by atoms with Crippen LogP contribution in [0.4, 0.5) is 5.69 Å². The third kappa shape index (κ3) is 4.52. The van der Waals surface area contributed by atoms with Gasteiger partial charge in [-0.25, -0.2) is 0 Å². The van der Waals surface area contributed by atoms with Gasteiger partial charge in [0.05, 0.1) is 28.2 Å². The van der Waals surface area contributed by atoms with E-state index in [1.165, 1.54) is 11.9 Å². The van der Waals surface area contributed by atoms with Crippen molar-refractivity contribution in [1.82, 2.24) is 4.90 Å². The molecule has 7 heteroatoms. The fraction of sp³-hybridized carbons (Fsp3) is 0.115. The number of amides is 2. The summed E-state index contributed by atoms with van der Waals surface area (Å²) in [6.07, 6.45) is 0. The Labute approximate surface area is 195 Å². The molecule has 0 saturated carbocycles. The van der Waals surface area contributed by atoms with Crippen LogP contribution in [0.5, 0.6) is 0 Å². The van der Waals surface area contributed by atoms with Crippen molar-refractivity contribution in [3.05, 3.63) is 99.2 Å². The summed E-state index contributed by atoms with van der Waals surface area (Å²) in [7, 11) is 1.51. The molecule has 1 N–H and O–H groups in total. The molecule has 6 nitrogen and oxygen atoms in total. The maximum absolute atomic E-state index is 13.2. The van der Waals surface area contributed by atoms with Crippen LogP contribution in [0.2, 0.25) is 5.02 Å². The van der Waals surface area contributed by atoms with Crippen LogP contribution < -0.4 is 10.7 Å². The molecule has 0 aliphatic rings. The van der Waals surface area contributed by atoms with Gasteiger partial charge < -0.3 is 14.6 Å². The Morgan fingerprint density at radius 1 is 0.970 bits per heavy atom. The lowest BCUT2D eigenvalue weighted by Crippen LogP contribution is -2.35. The van der Waals surface area contributed by atoms with Crippen LogP contribution >= 0.6 is 11.6 Å². The van der Waals surface area contributed by atoms with Crippen molar-refractivity contribution in [1.29, 1.82) is 0 Å². The molecule has 0 unspecified atom stereocenters. The van der Waals surface area contributed by atoms with Gasteiger partial charge in [-0.1, -0.05) is 60.1 Å². The second-order valence-electron chi connectivity index (χ2n) is 7.62. The van der Waals surface area contributed by atoms with Gasteiger partial charge in [-0.15, -0.1) is 0 Å². The van der Waals surface area contributed by atoms with Crippen LogP contribution in [0.3, 0.4) is 0 Å². The summed E-state index contributed by atoms with van der Waals surface area (Å²) in [5.41, 5.74) is 1.85. The minimum Gasteiger partial charge on any atom is -0.455 e. The number of hydrogen-bond acceptors (Lipinski definition) is 4. The Balaban J connectivity index is 1.66. The normalized spacial score (nSPS) is 10.8. The first-order valence-electron chi connectivity index (χ1n) is 10.3. The highest BCUT2D eigenvalue weighted by Gasteiger charge is 2.22. The van der Waals surface area contributed by atoms with E-state index >= 15 is 0 Å². The molecule has 0 atom stereocenters. The number of likely N-dealkylation sites (N-methyl/N-ethyl adjacent to an activating group) is 1. The smallest absolute Gasteiger partial charge is 0.257 e. The van der Waals surface area contributed by atoms with E-state index in [9.17, 15) is 14.4 Å². The molecule has 0 spiro atoms. The van der Waals surface area contributed by atoms with Gasteiger partial charge in [0.2, 0.25) is 5.91 Å². The van der Waals surface area contributed by atoms with E-state index in [-0.39, 0.29) is 23.1 Å². The monoisotopic (exact) mass is 460 g/mol. The molecule has 4 rings (SSSR count). The molecular weight excluding hydrogens is 440 g/mol. The summed E-state index contributed by atoms with van der Waals surface area (Å²) in [6.45, 7) is 1.50. The van der Waals surface area contributed by atoms with Crippen molar-refractivity contribution in [3.63, 3.8) is 0 Å². The van der Waals surface area contributed by atoms with Crippen molar-refractivity contribution in [2.75, 3.05) is 18.9 Å². The van der Waals surface area contributed by atoms with E-state index in [4.69, 9.17) is 16.0 Å². The number of carbonyl (C=O) groups is 2. The minimum atomic E-state index is -0.444.